The van der Waals surface area contributed by atoms with Crippen LogP contribution in [0, 0.1) is 19.8 Å². The molecule has 0 heterocycles. The van der Waals surface area contributed by atoms with Gasteiger partial charge in [-0.25, -0.2) is 0 Å². The quantitative estimate of drug-likeness (QED) is 0.668. The first-order valence-corrected chi connectivity index (χ1v) is 8.96. The molecular weight excluding hydrogens is 358 g/mol. The first-order chi connectivity index (χ1) is 13.3. The predicted molar refractivity (Wildman–Crippen MR) is 107 cm³/mol. The summed E-state index contributed by atoms with van der Waals surface area (Å²) in [6.45, 7) is 7.25. The van der Waals surface area contributed by atoms with Gasteiger partial charge in [0.05, 0.1) is 0 Å². The van der Waals surface area contributed by atoms with Crippen LogP contribution < -0.4 is 20.9 Å². The number of amides is 3. The van der Waals surface area contributed by atoms with E-state index in [0.29, 0.717) is 17.0 Å². The van der Waals surface area contributed by atoms with E-state index in [-0.39, 0.29) is 18.4 Å². The minimum Gasteiger partial charge on any atom is -0.483 e. The molecule has 0 fully saturated rings. The number of benzene rings is 2. The zero-order valence-electron chi connectivity index (χ0n) is 16.5. The number of aryl methyl sites for hydroxylation is 2. The van der Waals surface area contributed by atoms with Crippen LogP contribution in [0.3, 0.4) is 0 Å². The molecule has 3 amide bonds. The maximum atomic E-state index is 12.1. The van der Waals surface area contributed by atoms with Crippen LogP contribution in [-0.4, -0.2) is 24.3 Å². The molecule has 0 saturated carbocycles. The Labute approximate surface area is 164 Å². The van der Waals surface area contributed by atoms with Gasteiger partial charge in [-0.2, -0.15) is 0 Å². The summed E-state index contributed by atoms with van der Waals surface area (Å²) in [4.78, 5) is 35.6. The fourth-order valence-electron chi connectivity index (χ4n) is 2.33. The molecule has 28 heavy (non-hydrogen) atoms. The molecule has 0 aromatic heterocycles. The fourth-order valence-corrected chi connectivity index (χ4v) is 2.33. The number of nitrogens with one attached hydrogen (secondary N) is 3. The van der Waals surface area contributed by atoms with Crippen molar-refractivity contribution >= 4 is 23.4 Å². The molecule has 0 aliphatic heterocycles. The molecular formula is C21H25N3O4. The van der Waals surface area contributed by atoms with Crippen LogP contribution >= 0.6 is 0 Å². The van der Waals surface area contributed by atoms with Crippen molar-refractivity contribution in [3.63, 3.8) is 0 Å². The molecule has 2 aromatic rings. The molecule has 0 unspecified atom stereocenters. The van der Waals surface area contributed by atoms with Gasteiger partial charge in [0, 0.05) is 17.2 Å². The van der Waals surface area contributed by atoms with E-state index in [1.54, 1.807) is 44.2 Å². The molecule has 0 bridgehead atoms. The number of hydrogen-bond acceptors (Lipinski definition) is 4. The zero-order chi connectivity index (χ0) is 20.7. The molecule has 0 aliphatic carbocycles. The summed E-state index contributed by atoms with van der Waals surface area (Å²) in [7, 11) is 0. The topological polar surface area (TPSA) is 96.5 Å². The molecule has 0 aliphatic rings. The first-order valence-electron chi connectivity index (χ1n) is 8.96. The van der Waals surface area contributed by atoms with Crippen molar-refractivity contribution < 1.29 is 19.1 Å². The van der Waals surface area contributed by atoms with Crippen LogP contribution in [0.4, 0.5) is 5.69 Å². The highest BCUT2D eigenvalue weighted by molar-refractivity contribution is 5.97. The van der Waals surface area contributed by atoms with Crippen molar-refractivity contribution in [2.24, 2.45) is 5.92 Å². The highest BCUT2D eigenvalue weighted by Gasteiger charge is 2.10. The summed E-state index contributed by atoms with van der Waals surface area (Å²) in [5.41, 5.74) is 7.63. The molecule has 0 radical (unpaired) electrons. The summed E-state index contributed by atoms with van der Waals surface area (Å²) in [5.74, 6) is -0.570. The van der Waals surface area contributed by atoms with E-state index in [2.05, 4.69) is 16.2 Å². The van der Waals surface area contributed by atoms with Crippen molar-refractivity contribution in [1.29, 1.82) is 0 Å². The minimum absolute atomic E-state index is 0.103. The van der Waals surface area contributed by atoms with Crippen molar-refractivity contribution in [1.82, 2.24) is 10.9 Å². The van der Waals surface area contributed by atoms with Crippen LogP contribution in [0.15, 0.2) is 42.5 Å². The SMILES string of the molecule is Cc1ccc(OCC(=O)NNC(=O)c2ccc(NC(=O)C(C)C)cc2)c(C)c1. The van der Waals surface area contributed by atoms with E-state index in [0.717, 1.165) is 11.1 Å². The van der Waals surface area contributed by atoms with Crippen molar-refractivity contribution in [3.8, 4) is 5.75 Å². The molecule has 3 N–H and O–H groups in total. The van der Waals surface area contributed by atoms with Crippen molar-refractivity contribution in [2.45, 2.75) is 27.7 Å². The fraction of sp³-hybridized carbons (Fsp3) is 0.286. The molecule has 0 spiro atoms. The van der Waals surface area contributed by atoms with E-state index in [4.69, 9.17) is 4.74 Å². The lowest BCUT2D eigenvalue weighted by molar-refractivity contribution is -0.124. The molecule has 7 nitrogen and oxygen atoms in total. The van der Waals surface area contributed by atoms with E-state index < -0.39 is 11.8 Å². The van der Waals surface area contributed by atoms with E-state index in [9.17, 15) is 14.4 Å². The molecule has 2 rings (SSSR count). The van der Waals surface area contributed by atoms with Gasteiger partial charge in [-0.05, 0) is 49.7 Å². The Morgan fingerprint density at radius 3 is 2.25 bits per heavy atom. The molecule has 0 saturated heterocycles. The molecule has 7 heteroatoms. The van der Waals surface area contributed by atoms with Gasteiger partial charge >= 0.3 is 0 Å². The standard InChI is InChI=1S/C21H25N3O4/c1-13(2)20(26)22-17-8-6-16(7-9-17)21(27)24-23-19(25)12-28-18-10-5-14(3)11-15(18)4/h5-11,13H,12H2,1-4H3,(H,22,26)(H,23,25)(H,24,27). The summed E-state index contributed by atoms with van der Waals surface area (Å²) < 4.78 is 5.46. The number of carbonyl (C=O) groups excluding carboxylic acids is 3. The number of anilines is 1. The van der Waals surface area contributed by atoms with Gasteiger partial charge in [0.1, 0.15) is 5.75 Å². The summed E-state index contributed by atoms with van der Waals surface area (Å²) in [6.07, 6.45) is 0. The number of carbonyl (C=O) groups is 3. The number of rotatable bonds is 6. The van der Waals surface area contributed by atoms with Gasteiger partial charge in [-0.3, -0.25) is 25.2 Å². The lowest BCUT2D eigenvalue weighted by atomic mass is 10.1. The van der Waals surface area contributed by atoms with Crippen LogP contribution in [0.2, 0.25) is 0 Å². The Kier molecular flexibility index (Phi) is 7.14. The smallest absolute Gasteiger partial charge is 0.276 e. The Balaban J connectivity index is 1.81. The second kappa shape index (κ2) is 9.55. The largest absolute Gasteiger partial charge is 0.483 e. The van der Waals surface area contributed by atoms with E-state index in [1.807, 2.05) is 26.0 Å². The van der Waals surface area contributed by atoms with Crippen molar-refractivity contribution in [3.05, 3.63) is 59.2 Å². The van der Waals surface area contributed by atoms with Crippen LogP contribution in [-0.2, 0) is 9.59 Å². The minimum atomic E-state index is -0.478. The zero-order valence-corrected chi connectivity index (χ0v) is 16.5. The molecule has 2 aromatic carbocycles. The van der Waals surface area contributed by atoms with Gasteiger partial charge < -0.3 is 10.1 Å². The molecule has 148 valence electrons. The Hall–Kier alpha value is -3.35. The second-order valence-corrected chi connectivity index (χ2v) is 6.78. The Morgan fingerprint density at radius 1 is 0.964 bits per heavy atom. The lowest BCUT2D eigenvalue weighted by Gasteiger charge is -2.11. The third kappa shape index (κ3) is 6.12. The van der Waals surface area contributed by atoms with Gasteiger partial charge in [0.25, 0.3) is 11.8 Å². The number of ether oxygens (including phenoxy) is 1. The van der Waals surface area contributed by atoms with Crippen molar-refractivity contribution in [2.75, 3.05) is 11.9 Å². The summed E-state index contributed by atoms with van der Waals surface area (Å²) in [6, 6.07) is 12.0. The van der Waals surface area contributed by atoms with Crippen LogP contribution in [0.1, 0.15) is 35.3 Å². The first kappa shape index (κ1) is 21.0. The third-order valence-corrected chi connectivity index (χ3v) is 3.94. The Bertz CT molecular complexity index is 860. The Morgan fingerprint density at radius 2 is 1.64 bits per heavy atom. The van der Waals surface area contributed by atoms with Gasteiger partial charge in [0.2, 0.25) is 5.91 Å². The highest BCUT2D eigenvalue weighted by atomic mass is 16.5. The van der Waals surface area contributed by atoms with E-state index in [1.165, 1.54) is 0 Å². The molecule has 0 atom stereocenters. The maximum absolute atomic E-state index is 12.1. The van der Waals surface area contributed by atoms with Crippen LogP contribution in [0.25, 0.3) is 0 Å². The lowest BCUT2D eigenvalue weighted by Crippen LogP contribution is -2.43. The van der Waals surface area contributed by atoms with Gasteiger partial charge in [0.15, 0.2) is 6.61 Å². The number of hydrazine groups is 1. The normalized spacial score (nSPS) is 10.3. The van der Waals surface area contributed by atoms with Gasteiger partial charge in [-0.15, -0.1) is 0 Å². The maximum Gasteiger partial charge on any atom is 0.276 e. The predicted octanol–water partition coefficient (Wildman–Crippen LogP) is 2.74. The third-order valence-electron chi connectivity index (χ3n) is 3.94. The average Bonchev–Trinajstić information content (AvgIpc) is 2.65. The highest BCUT2D eigenvalue weighted by Crippen LogP contribution is 2.18. The second-order valence-electron chi connectivity index (χ2n) is 6.78. The van der Waals surface area contributed by atoms with Crippen LogP contribution in [0.5, 0.6) is 5.75 Å². The van der Waals surface area contributed by atoms with E-state index >= 15 is 0 Å². The monoisotopic (exact) mass is 383 g/mol. The summed E-state index contributed by atoms with van der Waals surface area (Å²) >= 11 is 0. The number of hydrogen-bond donors (Lipinski definition) is 3. The summed E-state index contributed by atoms with van der Waals surface area (Å²) in [5, 5.41) is 2.74. The van der Waals surface area contributed by atoms with Gasteiger partial charge in [-0.1, -0.05) is 31.5 Å². The average molecular weight is 383 g/mol.